The van der Waals surface area contributed by atoms with Gasteiger partial charge in [-0.05, 0) is 25.2 Å². The number of nitrogens with one attached hydrogen (secondary N) is 1. The molecule has 1 N–H and O–H groups in total. The Morgan fingerprint density at radius 3 is 2.24 bits per heavy atom. The average molecular weight is 303 g/mol. The SMILES string of the molecule is CNC(CSc1ccccc1OC)c1ccccc1OC. The summed E-state index contributed by atoms with van der Waals surface area (Å²) in [7, 11) is 5.38. The summed E-state index contributed by atoms with van der Waals surface area (Å²) in [5, 5.41) is 3.36. The molecule has 0 saturated heterocycles. The van der Waals surface area contributed by atoms with Gasteiger partial charge in [0.2, 0.25) is 0 Å². The third kappa shape index (κ3) is 3.93. The minimum atomic E-state index is 0.219. The fourth-order valence-corrected chi connectivity index (χ4v) is 3.35. The Hall–Kier alpha value is -1.65. The van der Waals surface area contributed by atoms with Gasteiger partial charge in [-0.25, -0.2) is 0 Å². The Bertz CT molecular complexity index is 574. The maximum absolute atomic E-state index is 5.45. The molecule has 0 aliphatic heterocycles. The zero-order valence-corrected chi connectivity index (χ0v) is 13.4. The van der Waals surface area contributed by atoms with Gasteiger partial charge in [-0.1, -0.05) is 30.3 Å². The summed E-state index contributed by atoms with van der Waals surface area (Å²) >= 11 is 1.78. The van der Waals surface area contributed by atoms with E-state index in [4.69, 9.17) is 9.47 Å². The predicted octanol–water partition coefficient (Wildman–Crippen LogP) is 3.76. The van der Waals surface area contributed by atoms with Crippen molar-refractivity contribution in [3.8, 4) is 11.5 Å². The van der Waals surface area contributed by atoms with Crippen LogP contribution in [-0.2, 0) is 0 Å². The van der Waals surface area contributed by atoms with Crippen LogP contribution >= 0.6 is 11.8 Å². The molecule has 0 aromatic heterocycles. The quantitative estimate of drug-likeness (QED) is 0.789. The van der Waals surface area contributed by atoms with Crippen LogP contribution in [0.5, 0.6) is 11.5 Å². The second-order valence-electron chi connectivity index (χ2n) is 4.55. The number of methoxy groups -OCH3 is 2. The molecular formula is C17H21NO2S. The average Bonchev–Trinajstić information content (AvgIpc) is 2.56. The van der Waals surface area contributed by atoms with Crippen molar-refractivity contribution in [2.45, 2.75) is 10.9 Å². The number of hydrogen-bond donors (Lipinski definition) is 1. The van der Waals surface area contributed by atoms with E-state index in [1.807, 2.05) is 43.4 Å². The molecule has 0 saturated carbocycles. The van der Waals surface area contributed by atoms with Gasteiger partial charge in [0.15, 0.2) is 0 Å². The second kappa shape index (κ2) is 7.96. The number of ether oxygens (including phenoxy) is 2. The fourth-order valence-electron chi connectivity index (χ4n) is 2.19. The van der Waals surface area contributed by atoms with E-state index in [-0.39, 0.29) is 6.04 Å². The Kier molecular flexibility index (Phi) is 5.96. The predicted molar refractivity (Wildman–Crippen MR) is 88.5 cm³/mol. The Morgan fingerprint density at radius 2 is 1.57 bits per heavy atom. The first-order valence-corrected chi connectivity index (χ1v) is 7.84. The molecule has 2 rings (SSSR count). The smallest absolute Gasteiger partial charge is 0.132 e. The van der Waals surface area contributed by atoms with Crippen LogP contribution in [0.4, 0.5) is 0 Å². The largest absolute Gasteiger partial charge is 0.496 e. The Labute approximate surface area is 130 Å². The van der Waals surface area contributed by atoms with E-state index in [0.717, 1.165) is 22.1 Å². The maximum atomic E-state index is 5.45. The van der Waals surface area contributed by atoms with Gasteiger partial charge in [-0.2, -0.15) is 0 Å². The zero-order chi connectivity index (χ0) is 15.1. The van der Waals surface area contributed by atoms with Crippen molar-refractivity contribution in [1.82, 2.24) is 5.32 Å². The molecule has 4 heteroatoms. The number of para-hydroxylation sites is 2. The van der Waals surface area contributed by atoms with Crippen molar-refractivity contribution < 1.29 is 9.47 Å². The summed E-state index contributed by atoms with van der Waals surface area (Å²) in [5.74, 6) is 2.73. The van der Waals surface area contributed by atoms with Crippen molar-refractivity contribution in [3.63, 3.8) is 0 Å². The highest BCUT2D eigenvalue weighted by molar-refractivity contribution is 7.99. The molecular weight excluding hydrogens is 282 g/mol. The molecule has 21 heavy (non-hydrogen) atoms. The summed E-state index contributed by atoms with van der Waals surface area (Å²) in [6.07, 6.45) is 0. The highest BCUT2D eigenvalue weighted by Crippen LogP contribution is 2.33. The van der Waals surface area contributed by atoms with Crippen molar-refractivity contribution in [1.29, 1.82) is 0 Å². The summed E-state index contributed by atoms with van der Waals surface area (Å²) in [6, 6.07) is 16.4. The molecule has 0 radical (unpaired) electrons. The topological polar surface area (TPSA) is 30.5 Å². The molecule has 0 bridgehead atoms. The van der Waals surface area contributed by atoms with Crippen molar-refractivity contribution >= 4 is 11.8 Å². The van der Waals surface area contributed by atoms with Gasteiger partial charge in [-0.3, -0.25) is 0 Å². The van der Waals surface area contributed by atoms with Gasteiger partial charge in [0.1, 0.15) is 11.5 Å². The van der Waals surface area contributed by atoms with Crippen molar-refractivity contribution in [2.24, 2.45) is 0 Å². The van der Waals surface area contributed by atoms with Crippen LogP contribution in [-0.4, -0.2) is 27.0 Å². The monoisotopic (exact) mass is 303 g/mol. The molecule has 112 valence electrons. The number of thioether (sulfide) groups is 1. The lowest BCUT2D eigenvalue weighted by molar-refractivity contribution is 0.403. The summed E-state index contributed by atoms with van der Waals surface area (Å²) in [4.78, 5) is 1.15. The molecule has 1 atom stereocenters. The van der Waals surface area contributed by atoms with Gasteiger partial charge in [0.05, 0.1) is 14.2 Å². The van der Waals surface area contributed by atoms with Crippen LogP contribution in [0.2, 0.25) is 0 Å². The van der Waals surface area contributed by atoms with E-state index in [2.05, 4.69) is 17.4 Å². The number of rotatable bonds is 7. The molecule has 3 nitrogen and oxygen atoms in total. The van der Waals surface area contributed by atoms with Crippen LogP contribution < -0.4 is 14.8 Å². The van der Waals surface area contributed by atoms with E-state index in [9.17, 15) is 0 Å². The molecule has 0 aliphatic rings. The zero-order valence-electron chi connectivity index (χ0n) is 12.6. The van der Waals surface area contributed by atoms with Crippen molar-refractivity contribution in [3.05, 3.63) is 54.1 Å². The molecule has 0 aliphatic carbocycles. The third-order valence-electron chi connectivity index (χ3n) is 3.34. The third-order valence-corrected chi connectivity index (χ3v) is 4.49. The Morgan fingerprint density at radius 1 is 0.952 bits per heavy atom. The number of benzene rings is 2. The van der Waals surface area contributed by atoms with Crippen molar-refractivity contribution in [2.75, 3.05) is 27.0 Å². The molecule has 2 aromatic carbocycles. The number of hydrogen-bond acceptors (Lipinski definition) is 4. The van der Waals surface area contributed by atoms with Crippen LogP contribution in [0.1, 0.15) is 11.6 Å². The minimum Gasteiger partial charge on any atom is -0.496 e. The molecule has 2 aromatic rings. The lowest BCUT2D eigenvalue weighted by atomic mass is 10.1. The molecule has 0 heterocycles. The first-order chi connectivity index (χ1) is 10.3. The molecule has 0 spiro atoms. The van der Waals surface area contributed by atoms with Gasteiger partial charge >= 0.3 is 0 Å². The lowest BCUT2D eigenvalue weighted by Gasteiger charge is -2.19. The molecule has 0 amide bonds. The molecule has 0 fully saturated rings. The van der Waals surface area contributed by atoms with E-state index >= 15 is 0 Å². The van der Waals surface area contributed by atoms with Crippen LogP contribution in [0, 0.1) is 0 Å². The normalized spacial score (nSPS) is 12.0. The van der Waals surface area contributed by atoms with Gasteiger partial charge in [0, 0.05) is 22.3 Å². The first kappa shape index (κ1) is 15.7. The summed E-state index contributed by atoms with van der Waals surface area (Å²) in [6.45, 7) is 0. The minimum absolute atomic E-state index is 0.219. The Balaban J connectivity index is 2.12. The highest BCUT2D eigenvalue weighted by atomic mass is 32.2. The highest BCUT2D eigenvalue weighted by Gasteiger charge is 2.15. The van der Waals surface area contributed by atoms with E-state index < -0.39 is 0 Å². The van der Waals surface area contributed by atoms with Crippen LogP contribution in [0.3, 0.4) is 0 Å². The fraction of sp³-hybridized carbons (Fsp3) is 0.294. The van der Waals surface area contributed by atoms with Crippen LogP contribution in [0.25, 0.3) is 0 Å². The van der Waals surface area contributed by atoms with E-state index in [1.54, 1.807) is 26.0 Å². The van der Waals surface area contributed by atoms with E-state index in [1.165, 1.54) is 5.56 Å². The summed E-state index contributed by atoms with van der Waals surface area (Å²) < 4.78 is 10.8. The van der Waals surface area contributed by atoms with Gasteiger partial charge in [0.25, 0.3) is 0 Å². The van der Waals surface area contributed by atoms with Gasteiger partial charge < -0.3 is 14.8 Å². The molecule has 1 unspecified atom stereocenters. The summed E-state index contributed by atoms with van der Waals surface area (Å²) in [5.41, 5.74) is 1.17. The maximum Gasteiger partial charge on any atom is 0.132 e. The van der Waals surface area contributed by atoms with E-state index in [0.29, 0.717) is 0 Å². The lowest BCUT2D eigenvalue weighted by Crippen LogP contribution is -2.19. The standard InChI is InChI=1S/C17H21NO2S/c1-18-14(13-8-4-5-9-15(13)19-2)12-21-17-11-7-6-10-16(17)20-3/h4-11,14,18H,12H2,1-3H3. The van der Waals surface area contributed by atoms with Gasteiger partial charge in [-0.15, -0.1) is 11.8 Å². The second-order valence-corrected chi connectivity index (χ2v) is 5.61. The first-order valence-electron chi connectivity index (χ1n) is 6.86. The van der Waals surface area contributed by atoms with Crippen LogP contribution in [0.15, 0.2) is 53.4 Å².